The lowest BCUT2D eigenvalue weighted by Crippen LogP contribution is -2.36. The molecular formula is C16H25N3O2. The summed E-state index contributed by atoms with van der Waals surface area (Å²) in [4.78, 5) is 23.7. The summed E-state index contributed by atoms with van der Waals surface area (Å²) in [5.74, 6) is -0.137. The molecule has 0 aliphatic carbocycles. The van der Waals surface area contributed by atoms with Crippen LogP contribution < -0.4 is 16.4 Å². The summed E-state index contributed by atoms with van der Waals surface area (Å²) in [6, 6.07) is 9.42. The minimum atomic E-state index is -0.370. The molecule has 0 saturated heterocycles. The van der Waals surface area contributed by atoms with E-state index in [1.165, 1.54) is 0 Å². The van der Waals surface area contributed by atoms with Crippen LogP contribution in [0.1, 0.15) is 31.7 Å². The summed E-state index contributed by atoms with van der Waals surface area (Å²) in [6.07, 6.45) is 0.282. The predicted octanol–water partition coefficient (Wildman–Crippen LogP) is 1.01. The third-order valence-corrected chi connectivity index (χ3v) is 3.11. The van der Waals surface area contributed by atoms with E-state index in [1.807, 2.05) is 44.2 Å². The summed E-state index contributed by atoms with van der Waals surface area (Å²) in [6.45, 7) is 5.30. The molecule has 0 fully saturated rings. The van der Waals surface area contributed by atoms with E-state index >= 15 is 0 Å². The zero-order valence-electron chi connectivity index (χ0n) is 12.8. The molecule has 2 amide bonds. The van der Waals surface area contributed by atoms with Gasteiger partial charge in [-0.2, -0.15) is 0 Å². The first kappa shape index (κ1) is 17.2. The Balaban J connectivity index is 2.37. The lowest BCUT2D eigenvalue weighted by Gasteiger charge is -2.15. The van der Waals surface area contributed by atoms with Crippen molar-refractivity contribution < 1.29 is 9.59 Å². The Kier molecular flexibility index (Phi) is 7.46. The molecule has 1 aromatic rings. The maximum Gasteiger partial charge on any atom is 0.228 e. The Morgan fingerprint density at radius 2 is 1.81 bits per heavy atom. The van der Waals surface area contributed by atoms with Crippen LogP contribution in [0.25, 0.3) is 0 Å². The normalized spacial score (nSPS) is 12.0. The van der Waals surface area contributed by atoms with Gasteiger partial charge in [-0.05, 0) is 11.5 Å². The average Bonchev–Trinajstić information content (AvgIpc) is 2.47. The summed E-state index contributed by atoms with van der Waals surface area (Å²) < 4.78 is 0. The van der Waals surface area contributed by atoms with Crippen LogP contribution in [0, 0.1) is 5.92 Å². The molecule has 116 valence electrons. The minimum absolute atomic E-state index is 0.0481. The van der Waals surface area contributed by atoms with Gasteiger partial charge in [0.15, 0.2) is 0 Å². The molecule has 5 nitrogen and oxygen atoms in total. The van der Waals surface area contributed by atoms with Crippen molar-refractivity contribution in [1.82, 2.24) is 10.6 Å². The molecule has 0 bridgehead atoms. The second kappa shape index (κ2) is 9.13. The quantitative estimate of drug-likeness (QED) is 0.668. The zero-order chi connectivity index (χ0) is 15.7. The van der Waals surface area contributed by atoms with E-state index in [0.717, 1.165) is 5.56 Å². The second-order valence-corrected chi connectivity index (χ2v) is 5.44. The van der Waals surface area contributed by atoms with E-state index < -0.39 is 0 Å². The Hall–Kier alpha value is -1.88. The lowest BCUT2D eigenvalue weighted by atomic mass is 9.98. The molecule has 0 radical (unpaired) electrons. The van der Waals surface area contributed by atoms with Crippen LogP contribution in [-0.4, -0.2) is 31.4 Å². The number of hydrogen-bond donors (Lipinski definition) is 3. The van der Waals surface area contributed by atoms with Gasteiger partial charge in [-0.25, -0.2) is 0 Å². The Morgan fingerprint density at radius 1 is 1.14 bits per heavy atom. The maximum absolute atomic E-state index is 12.1. The molecule has 5 heteroatoms. The van der Waals surface area contributed by atoms with Crippen molar-refractivity contribution >= 4 is 11.8 Å². The van der Waals surface area contributed by atoms with Gasteiger partial charge < -0.3 is 16.4 Å². The molecule has 0 aromatic heterocycles. The highest BCUT2D eigenvalue weighted by atomic mass is 16.2. The molecule has 0 aliphatic heterocycles. The van der Waals surface area contributed by atoms with E-state index in [2.05, 4.69) is 10.6 Å². The fraction of sp³-hybridized carbons (Fsp3) is 0.500. The van der Waals surface area contributed by atoms with Crippen molar-refractivity contribution in [3.05, 3.63) is 35.9 Å². The first-order valence-corrected chi connectivity index (χ1v) is 7.34. The van der Waals surface area contributed by atoms with Crippen molar-refractivity contribution in [2.24, 2.45) is 11.7 Å². The van der Waals surface area contributed by atoms with Gasteiger partial charge in [0.25, 0.3) is 0 Å². The second-order valence-electron chi connectivity index (χ2n) is 5.44. The SMILES string of the molecule is CC(C)CNC(=O)CCNC(=O)C(CN)c1ccccc1. The smallest absolute Gasteiger partial charge is 0.228 e. The molecule has 21 heavy (non-hydrogen) atoms. The predicted molar refractivity (Wildman–Crippen MR) is 83.7 cm³/mol. The molecular weight excluding hydrogens is 266 g/mol. The van der Waals surface area contributed by atoms with Crippen LogP contribution in [0.5, 0.6) is 0 Å². The van der Waals surface area contributed by atoms with E-state index in [4.69, 9.17) is 5.73 Å². The van der Waals surface area contributed by atoms with Gasteiger partial charge in [-0.1, -0.05) is 44.2 Å². The number of carbonyl (C=O) groups excluding carboxylic acids is 2. The van der Waals surface area contributed by atoms with Crippen molar-refractivity contribution in [1.29, 1.82) is 0 Å². The highest BCUT2D eigenvalue weighted by Crippen LogP contribution is 2.13. The third-order valence-electron chi connectivity index (χ3n) is 3.11. The Bertz CT molecular complexity index is 446. The highest BCUT2D eigenvalue weighted by Gasteiger charge is 2.18. The number of hydrogen-bond acceptors (Lipinski definition) is 3. The van der Waals surface area contributed by atoms with Gasteiger partial charge in [-0.15, -0.1) is 0 Å². The van der Waals surface area contributed by atoms with E-state index in [-0.39, 0.29) is 30.7 Å². The molecule has 1 rings (SSSR count). The summed E-state index contributed by atoms with van der Waals surface area (Å²) in [5, 5.41) is 5.59. The van der Waals surface area contributed by atoms with Crippen LogP contribution in [-0.2, 0) is 9.59 Å². The van der Waals surface area contributed by atoms with Gasteiger partial charge in [0, 0.05) is 26.1 Å². The zero-order valence-corrected chi connectivity index (χ0v) is 12.8. The number of nitrogens with one attached hydrogen (secondary N) is 2. The summed E-state index contributed by atoms with van der Waals surface area (Å²) in [7, 11) is 0. The standard InChI is InChI=1S/C16H25N3O2/c1-12(2)11-19-15(20)8-9-18-16(21)14(10-17)13-6-4-3-5-7-13/h3-7,12,14H,8-11,17H2,1-2H3,(H,18,21)(H,19,20). The maximum atomic E-state index is 12.1. The molecule has 0 spiro atoms. The van der Waals surface area contributed by atoms with Crippen LogP contribution in [0.4, 0.5) is 0 Å². The number of amides is 2. The van der Waals surface area contributed by atoms with Crippen molar-refractivity contribution in [3.63, 3.8) is 0 Å². The van der Waals surface area contributed by atoms with Gasteiger partial charge in [-0.3, -0.25) is 9.59 Å². The third kappa shape index (κ3) is 6.40. The molecule has 4 N–H and O–H groups in total. The largest absolute Gasteiger partial charge is 0.356 e. The molecule has 0 aliphatic rings. The van der Waals surface area contributed by atoms with E-state index in [1.54, 1.807) is 0 Å². The summed E-state index contributed by atoms with van der Waals surface area (Å²) >= 11 is 0. The van der Waals surface area contributed by atoms with Crippen LogP contribution in [0.2, 0.25) is 0 Å². The molecule has 0 heterocycles. The summed E-state index contributed by atoms with van der Waals surface area (Å²) in [5.41, 5.74) is 6.57. The molecule has 1 atom stereocenters. The lowest BCUT2D eigenvalue weighted by molar-refractivity contribution is -0.123. The first-order valence-electron chi connectivity index (χ1n) is 7.34. The monoisotopic (exact) mass is 291 g/mol. The number of carbonyl (C=O) groups is 2. The van der Waals surface area contributed by atoms with Gasteiger partial charge in [0.2, 0.25) is 11.8 Å². The topological polar surface area (TPSA) is 84.2 Å². The number of nitrogens with two attached hydrogens (primary N) is 1. The fourth-order valence-corrected chi connectivity index (χ4v) is 1.91. The van der Waals surface area contributed by atoms with Gasteiger partial charge in [0.05, 0.1) is 5.92 Å². The number of benzene rings is 1. The minimum Gasteiger partial charge on any atom is -0.356 e. The van der Waals surface area contributed by atoms with Gasteiger partial charge >= 0.3 is 0 Å². The highest BCUT2D eigenvalue weighted by molar-refractivity contribution is 5.84. The fourth-order valence-electron chi connectivity index (χ4n) is 1.91. The van der Waals surface area contributed by atoms with Crippen LogP contribution >= 0.6 is 0 Å². The van der Waals surface area contributed by atoms with Crippen LogP contribution in [0.15, 0.2) is 30.3 Å². The molecule has 1 unspecified atom stereocenters. The Labute approximate surface area is 126 Å². The molecule has 0 saturated carbocycles. The average molecular weight is 291 g/mol. The van der Waals surface area contributed by atoms with Gasteiger partial charge in [0.1, 0.15) is 0 Å². The Morgan fingerprint density at radius 3 is 2.38 bits per heavy atom. The number of rotatable bonds is 8. The van der Waals surface area contributed by atoms with Crippen molar-refractivity contribution in [2.75, 3.05) is 19.6 Å². The van der Waals surface area contributed by atoms with Crippen molar-refractivity contribution in [3.8, 4) is 0 Å². The molecule has 1 aromatic carbocycles. The first-order chi connectivity index (χ1) is 10.0. The van der Waals surface area contributed by atoms with Crippen LogP contribution in [0.3, 0.4) is 0 Å². The van der Waals surface area contributed by atoms with E-state index in [0.29, 0.717) is 19.0 Å². The van der Waals surface area contributed by atoms with E-state index in [9.17, 15) is 9.59 Å². The van der Waals surface area contributed by atoms with Crippen molar-refractivity contribution in [2.45, 2.75) is 26.2 Å².